The first-order valence-electron chi connectivity index (χ1n) is 9.13. The van der Waals surface area contributed by atoms with Gasteiger partial charge in [0.05, 0.1) is 23.7 Å². The van der Waals surface area contributed by atoms with Crippen LogP contribution in [-0.2, 0) is 9.59 Å². The van der Waals surface area contributed by atoms with Crippen molar-refractivity contribution in [2.75, 3.05) is 18.4 Å². The lowest BCUT2D eigenvalue weighted by Gasteiger charge is -2.19. The summed E-state index contributed by atoms with van der Waals surface area (Å²) in [6.07, 6.45) is 2.03. The van der Waals surface area contributed by atoms with Gasteiger partial charge in [0.15, 0.2) is 0 Å². The first-order chi connectivity index (χ1) is 13.4. The number of nitrogens with zero attached hydrogens (tertiary/aromatic N) is 1. The van der Waals surface area contributed by atoms with E-state index < -0.39 is 6.04 Å². The minimum Gasteiger partial charge on any atom is -0.348 e. The molecule has 0 radical (unpaired) electrons. The van der Waals surface area contributed by atoms with Crippen LogP contribution in [0.15, 0.2) is 35.7 Å². The molecule has 148 valence electrons. The van der Waals surface area contributed by atoms with E-state index in [0.29, 0.717) is 29.4 Å². The standard InChI is InChI=1S/C20H22ClN3O3S/c1-13(25)22-17(18-5-4-10-28-18)12-19(26)23-16-7-6-14(21)11-15(16)20(27)24-8-2-3-9-24/h4-7,10-11,17H,2-3,8-9,12H2,1H3,(H,22,25)(H,23,26). The second-order valence-electron chi connectivity index (χ2n) is 6.71. The summed E-state index contributed by atoms with van der Waals surface area (Å²) in [5.74, 6) is -0.625. The van der Waals surface area contributed by atoms with Gasteiger partial charge in [0.25, 0.3) is 5.91 Å². The molecule has 0 aliphatic carbocycles. The number of hydrogen-bond donors (Lipinski definition) is 2. The molecule has 0 spiro atoms. The van der Waals surface area contributed by atoms with E-state index in [0.717, 1.165) is 17.7 Å². The van der Waals surface area contributed by atoms with Gasteiger partial charge in [0.2, 0.25) is 11.8 Å². The number of carbonyl (C=O) groups is 3. The second-order valence-corrected chi connectivity index (χ2v) is 8.13. The molecule has 0 saturated carbocycles. The Morgan fingerprint density at radius 1 is 1.21 bits per heavy atom. The Hall–Kier alpha value is -2.38. The molecule has 3 amide bonds. The van der Waals surface area contributed by atoms with Crippen molar-refractivity contribution in [1.29, 1.82) is 0 Å². The van der Waals surface area contributed by atoms with E-state index in [-0.39, 0.29) is 24.1 Å². The molecule has 1 aromatic heterocycles. The Labute approximate surface area is 172 Å². The molecular formula is C20H22ClN3O3S. The summed E-state index contributed by atoms with van der Waals surface area (Å²) >= 11 is 7.56. The van der Waals surface area contributed by atoms with Crippen LogP contribution in [0.3, 0.4) is 0 Å². The number of amides is 3. The number of likely N-dealkylation sites (tertiary alicyclic amines) is 1. The van der Waals surface area contributed by atoms with Crippen LogP contribution >= 0.6 is 22.9 Å². The van der Waals surface area contributed by atoms with Crippen molar-refractivity contribution in [3.8, 4) is 0 Å². The first kappa shape index (κ1) is 20.4. The van der Waals surface area contributed by atoms with E-state index in [1.165, 1.54) is 18.3 Å². The predicted octanol–water partition coefficient (Wildman–Crippen LogP) is 3.84. The lowest BCUT2D eigenvalue weighted by atomic mass is 10.1. The lowest BCUT2D eigenvalue weighted by molar-refractivity contribution is -0.120. The number of rotatable bonds is 6. The zero-order valence-electron chi connectivity index (χ0n) is 15.5. The third kappa shape index (κ3) is 5.11. The molecule has 2 heterocycles. The molecule has 2 N–H and O–H groups in total. The Balaban J connectivity index is 1.75. The number of benzene rings is 1. The minimum atomic E-state index is -0.414. The number of nitrogens with one attached hydrogen (secondary N) is 2. The highest BCUT2D eigenvalue weighted by Crippen LogP contribution is 2.26. The maximum Gasteiger partial charge on any atom is 0.256 e. The molecule has 8 heteroatoms. The van der Waals surface area contributed by atoms with Crippen LogP contribution in [-0.4, -0.2) is 35.7 Å². The molecule has 28 heavy (non-hydrogen) atoms. The third-order valence-electron chi connectivity index (χ3n) is 4.53. The number of thiophene rings is 1. The monoisotopic (exact) mass is 419 g/mol. The van der Waals surface area contributed by atoms with Crippen LogP contribution in [0, 0.1) is 0 Å². The van der Waals surface area contributed by atoms with Crippen molar-refractivity contribution >= 4 is 46.3 Å². The van der Waals surface area contributed by atoms with Crippen molar-refractivity contribution in [1.82, 2.24) is 10.2 Å². The average molecular weight is 420 g/mol. The topological polar surface area (TPSA) is 78.5 Å². The first-order valence-corrected chi connectivity index (χ1v) is 10.4. The zero-order valence-corrected chi connectivity index (χ0v) is 17.1. The summed E-state index contributed by atoms with van der Waals surface area (Å²) in [6, 6.07) is 8.21. The van der Waals surface area contributed by atoms with Crippen LogP contribution in [0.4, 0.5) is 5.69 Å². The summed E-state index contributed by atoms with van der Waals surface area (Å²) < 4.78 is 0. The Morgan fingerprint density at radius 2 is 1.96 bits per heavy atom. The highest BCUT2D eigenvalue weighted by molar-refractivity contribution is 7.10. The molecule has 1 atom stereocenters. The van der Waals surface area contributed by atoms with E-state index >= 15 is 0 Å². The average Bonchev–Trinajstić information content (AvgIpc) is 3.35. The second kappa shape index (κ2) is 9.21. The number of halogens is 1. The van der Waals surface area contributed by atoms with E-state index in [1.54, 1.807) is 23.1 Å². The van der Waals surface area contributed by atoms with Gasteiger partial charge >= 0.3 is 0 Å². The molecule has 1 fully saturated rings. The fourth-order valence-corrected chi connectivity index (χ4v) is 4.19. The molecule has 2 aromatic rings. The highest BCUT2D eigenvalue weighted by atomic mass is 35.5. The Morgan fingerprint density at radius 3 is 2.61 bits per heavy atom. The van der Waals surface area contributed by atoms with E-state index in [2.05, 4.69) is 10.6 Å². The highest BCUT2D eigenvalue weighted by Gasteiger charge is 2.24. The Bertz CT molecular complexity index is 864. The third-order valence-corrected chi connectivity index (χ3v) is 5.75. The fourth-order valence-electron chi connectivity index (χ4n) is 3.24. The molecule has 1 aromatic carbocycles. The quantitative estimate of drug-likeness (QED) is 0.746. The number of anilines is 1. The molecule has 1 saturated heterocycles. The van der Waals surface area contributed by atoms with E-state index in [1.807, 2.05) is 17.5 Å². The molecule has 0 bridgehead atoms. The maximum atomic E-state index is 12.8. The summed E-state index contributed by atoms with van der Waals surface area (Å²) in [5.41, 5.74) is 0.814. The summed E-state index contributed by atoms with van der Waals surface area (Å²) in [7, 11) is 0. The van der Waals surface area contributed by atoms with Gasteiger partial charge in [-0.2, -0.15) is 0 Å². The minimum absolute atomic E-state index is 0.0695. The normalized spacial score (nSPS) is 14.6. The van der Waals surface area contributed by atoms with Gasteiger partial charge in [-0.1, -0.05) is 17.7 Å². The summed E-state index contributed by atoms with van der Waals surface area (Å²) in [4.78, 5) is 39.7. The Kier molecular flexibility index (Phi) is 6.70. The van der Waals surface area contributed by atoms with Crippen molar-refractivity contribution in [3.05, 3.63) is 51.2 Å². The van der Waals surface area contributed by atoms with Gasteiger partial charge in [-0.3, -0.25) is 14.4 Å². The fraction of sp³-hybridized carbons (Fsp3) is 0.350. The zero-order chi connectivity index (χ0) is 20.1. The van der Waals surface area contributed by atoms with Crippen LogP contribution < -0.4 is 10.6 Å². The molecular weight excluding hydrogens is 398 g/mol. The predicted molar refractivity (Wildman–Crippen MR) is 111 cm³/mol. The van der Waals surface area contributed by atoms with Gasteiger partial charge < -0.3 is 15.5 Å². The summed E-state index contributed by atoms with van der Waals surface area (Å²) in [6.45, 7) is 2.84. The molecule has 1 aliphatic heterocycles. The van der Waals surface area contributed by atoms with Crippen LogP contribution in [0.2, 0.25) is 5.02 Å². The SMILES string of the molecule is CC(=O)NC(CC(=O)Nc1ccc(Cl)cc1C(=O)N1CCCC1)c1cccs1. The van der Waals surface area contributed by atoms with E-state index in [9.17, 15) is 14.4 Å². The summed E-state index contributed by atoms with van der Waals surface area (Å²) in [5, 5.41) is 7.96. The van der Waals surface area contributed by atoms with Gasteiger partial charge in [0, 0.05) is 29.9 Å². The molecule has 1 unspecified atom stereocenters. The largest absolute Gasteiger partial charge is 0.348 e. The van der Waals surface area contributed by atoms with Crippen molar-refractivity contribution in [2.45, 2.75) is 32.2 Å². The number of carbonyl (C=O) groups excluding carboxylic acids is 3. The van der Waals surface area contributed by atoms with Crippen LogP contribution in [0.5, 0.6) is 0 Å². The van der Waals surface area contributed by atoms with E-state index in [4.69, 9.17) is 11.6 Å². The smallest absolute Gasteiger partial charge is 0.256 e. The van der Waals surface area contributed by atoms with Crippen molar-refractivity contribution in [2.24, 2.45) is 0 Å². The lowest BCUT2D eigenvalue weighted by Crippen LogP contribution is -2.31. The van der Waals surface area contributed by atoms with Gasteiger partial charge in [0.1, 0.15) is 0 Å². The molecule has 6 nitrogen and oxygen atoms in total. The van der Waals surface area contributed by atoms with Gasteiger partial charge in [-0.05, 0) is 42.5 Å². The van der Waals surface area contributed by atoms with Gasteiger partial charge in [-0.25, -0.2) is 0 Å². The molecule has 1 aliphatic rings. The molecule has 3 rings (SSSR count). The van der Waals surface area contributed by atoms with Crippen molar-refractivity contribution < 1.29 is 14.4 Å². The van der Waals surface area contributed by atoms with Crippen LogP contribution in [0.25, 0.3) is 0 Å². The van der Waals surface area contributed by atoms with Crippen LogP contribution in [0.1, 0.15) is 47.5 Å². The number of hydrogen-bond acceptors (Lipinski definition) is 4. The van der Waals surface area contributed by atoms with Crippen molar-refractivity contribution in [3.63, 3.8) is 0 Å². The maximum absolute atomic E-state index is 12.8. The van der Waals surface area contributed by atoms with Gasteiger partial charge in [-0.15, -0.1) is 11.3 Å².